The van der Waals surface area contributed by atoms with Crippen LogP contribution in [0.2, 0.25) is 0 Å². The number of hydrogen-bond donors (Lipinski definition) is 0. The molecule has 4 amide bonds. The molecule has 2 aliphatic rings. The third kappa shape index (κ3) is 37.0. The number of rotatable bonds is 86. The number of imide groups is 2. The highest BCUT2D eigenvalue weighted by Crippen LogP contribution is 2.50. The van der Waals surface area contributed by atoms with Crippen molar-refractivity contribution >= 4 is 78.1 Å². The van der Waals surface area contributed by atoms with E-state index in [2.05, 4.69) is 132 Å². The molecule has 6 nitrogen and oxygen atoms in total. The van der Waals surface area contributed by atoms with Crippen LogP contribution in [0.4, 0.5) is 11.4 Å². The summed E-state index contributed by atoms with van der Waals surface area (Å²) in [6.07, 6.45) is 98.4. The summed E-state index contributed by atoms with van der Waals surface area (Å²) in [4.78, 5) is 69.8. The van der Waals surface area contributed by atoms with Gasteiger partial charge in [0.05, 0.1) is 11.4 Å². The van der Waals surface area contributed by atoms with Crippen LogP contribution in [0.25, 0.3) is 43.1 Å². The molecule has 0 spiro atoms. The van der Waals surface area contributed by atoms with Crippen molar-refractivity contribution in [2.45, 2.75) is 584 Å². The number of nitrogens with zero attached hydrogens (tertiary/aromatic N) is 2. The zero-order valence-corrected chi connectivity index (χ0v) is 92.1. The maximum atomic E-state index is 16.6. The molecule has 772 valence electrons. The predicted octanol–water partition coefficient (Wildman–Crippen LogP) is 42.6. The number of unbranched alkanes of at least 4 members (excludes halogenated alkanes) is 48. The number of hydrogen-bond acceptors (Lipinski definition) is 4. The molecule has 7 aromatic rings. The van der Waals surface area contributed by atoms with Crippen molar-refractivity contribution in [1.82, 2.24) is 0 Å². The zero-order chi connectivity index (χ0) is 98.1. The molecule has 0 bridgehead atoms. The van der Waals surface area contributed by atoms with Crippen molar-refractivity contribution < 1.29 is 19.2 Å². The van der Waals surface area contributed by atoms with E-state index in [1.165, 1.54) is 485 Å². The first-order valence-corrected chi connectivity index (χ1v) is 61.1. The van der Waals surface area contributed by atoms with E-state index in [4.69, 9.17) is 0 Å². The number of carbonyl (C=O) groups is 4. The van der Waals surface area contributed by atoms with Crippen LogP contribution < -0.4 is 9.80 Å². The van der Waals surface area contributed by atoms with Gasteiger partial charge >= 0.3 is 0 Å². The molecule has 0 saturated carbocycles. The topological polar surface area (TPSA) is 74.8 Å². The van der Waals surface area contributed by atoms with Gasteiger partial charge in [-0.15, -0.1) is 0 Å². The van der Waals surface area contributed by atoms with Crippen molar-refractivity contribution in [1.29, 1.82) is 0 Å². The normalized spacial score (nSPS) is 14.3. The lowest BCUT2D eigenvalue weighted by molar-refractivity contribution is 0.0877. The standard InChI is InChI=1S/C132H210N2O4/c1-13-25-37-49-55-67-77-103(73-61-43-31-19-7)93-109-99-113(100-110(94-104(74-62-44-32-20-8)78-68-56-50-38-26-14-2)123(109)97-107(81-65-47-35-23-11)83-71-59-53-41-29-17-5)133-129(135)119-89-85-115-117-87-91-121-128-122(92-88-118(126(117)128)116-86-90-120(130(133)136)127(119)125(115)116)132(138)134(131(121)137)114-101-111(95-105(75-63-45-33-21-9)79-69-57-51-39-27-15-3)124(98-108(82-66-48-36-24-12)84-72-60-54-42-30-18-6)112(102-114)96-106(76-64-46-34-22-10)80-70-58-52-40-28-16-4/h85-92,99-108H,13-84,93-98H2,1-12H3. The lowest BCUT2D eigenvalue weighted by Crippen LogP contribution is -2.41. The first kappa shape index (κ1) is 116. The van der Waals surface area contributed by atoms with Crippen LogP contribution in [-0.2, 0) is 38.5 Å². The van der Waals surface area contributed by atoms with Crippen LogP contribution >= 0.6 is 0 Å². The monoisotopic (exact) mass is 1890 g/mol. The van der Waals surface area contributed by atoms with Gasteiger partial charge in [-0.3, -0.25) is 19.2 Å². The molecule has 2 heterocycles. The van der Waals surface area contributed by atoms with Crippen LogP contribution in [-0.4, -0.2) is 23.6 Å². The highest BCUT2D eigenvalue weighted by molar-refractivity contribution is 6.45. The molecule has 2 aliphatic heterocycles. The summed E-state index contributed by atoms with van der Waals surface area (Å²) >= 11 is 0. The van der Waals surface area contributed by atoms with Gasteiger partial charge in [0.2, 0.25) is 0 Å². The lowest BCUT2D eigenvalue weighted by Gasteiger charge is -2.32. The second-order valence-corrected chi connectivity index (χ2v) is 45.4. The quantitative estimate of drug-likeness (QED) is 0.0165. The second kappa shape index (κ2) is 68.4. The van der Waals surface area contributed by atoms with E-state index in [1.54, 1.807) is 20.9 Å². The van der Waals surface area contributed by atoms with Crippen molar-refractivity contribution in [3.8, 4) is 0 Å². The number of anilines is 2. The highest BCUT2D eigenvalue weighted by Gasteiger charge is 2.40. The summed E-state index contributed by atoms with van der Waals surface area (Å²) in [5.74, 6) is 2.39. The Hall–Kier alpha value is -5.88. The lowest BCUT2D eigenvalue weighted by atomic mass is 9.78. The third-order valence-corrected chi connectivity index (χ3v) is 33.6. The van der Waals surface area contributed by atoms with Crippen LogP contribution in [0.5, 0.6) is 0 Å². The Bertz CT molecular complexity index is 4000. The summed E-state index contributed by atoms with van der Waals surface area (Å²) in [6.45, 7) is 28.1. The SMILES string of the molecule is CCCCCCCCC(CCCCCC)Cc1cc(N2C(=O)c3ccc4c5ccc6c7c(ccc(c8ccc(c3c48)C2=O)c75)C(=O)N(c2cc(CC(CCCCCC)CCCCCCCC)c(CC(CCCCCC)CCCCCCCC)c(CC(CCCCCC)CCCCCCCC)c2)C6=O)cc(CC(CCCCCC)CCCCCCCC)c1CC(CCCCCC)CCCCCCCC. The molecule has 6 unspecified atom stereocenters. The van der Waals surface area contributed by atoms with E-state index in [0.717, 1.165) is 93.0 Å². The van der Waals surface area contributed by atoms with E-state index >= 15 is 19.2 Å². The first-order valence-electron chi connectivity index (χ1n) is 61.1. The van der Waals surface area contributed by atoms with Crippen molar-refractivity contribution in [3.63, 3.8) is 0 Å². The minimum atomic E-state index is -0.230. The van der Waals surface area contributed by atoms with Gasteiger partial charge in [-0.1, -0.05) is 570 Å². The van der Waals surface area contributed by atoms with E-state index in [1.807, 2.05) is 24.3 Å². The van der Waals surface area contributed by atoms with Gasteiger partial charge in [-0.2, -0.15) is 0 Å². The number of amides is 4. The van der Waals surface area contributed by atoms with Gasteiger partial charge in [-0.05, 0) is 188 Å². The fourth-order valence-corrected chi connectivity index (χ4v) is 25.2. The smallest absolute Gasteiger partial charge is 0.265 e. The maximum Gasteiger partial charge on any atom is 0.265 e. The third-order valence-electron chi connectivity index (χ3n) is 33.6. The molecule has 0 aromatic heterocycles. The Labute approximate surface area is 849 Å². The number of fused-ring (bicyclic) bond motifs is 2. The fourth-order valence-electron chi connectivity index (χ4n) is 25.2. The molecule has 7 aromatic carbocycles. The molecule has 0 N–H and O–H groups in total. The Balaban J connectivity index is 1.21. The van der Waals surface area contributed by atoms with Crippen LogP contribution in [0.3, 0.4) is 0 Å². The van der Waals surface area contributed by atoms with Gasteiger partial charge in [0.25, 0.3) is 23.6 Å². The molecule has 6 atom stereocenters. The van der Waals surface area contributed by atoms with Gasteiger partial charge in [0, 0.05) is 33.0 Å². The summed E-state index contributed by atoms with van der Waals surface area (Å²) < 4.78 is 0. The van der Waals surface area contributed by atoms with E-state index < -0.39 is 0 Å². The molecule has 0 radical (unpaired) electrons. The van der Waals surface area contributed by atoms with Gasteiger partial charge in [0.1, 0.15) is 0 Å². The van der Waals surface area contributed by atoms with Gasteiger partial charge in [-0.25, -0.2) is 9.80 Å². The number of benzene rings is 7. The fraction of sp³-hybridized carbons (Fsp3) is 0.727. The predicted molar refractivity (Wildman–Crippen MR) is 606 cm³/mol. The largest absolute Gasteiger partial charge is 0.268 e. The molecular formula is C132H210N2O4. The Kier molecular flexibility index (Phi) is 57.4. The van der Waals surface area contributed by atoms with Crippen molar-refractivity contribution in [3.05, 3.63) is 128 Å². The Morgan fingerprint density at radius 3 is 0.486 bits per heavy atom. The molecule has 9 rings (SSSR count). The number of carbonyl (C=O) groups excluding carboxylic acids is 4. The summed E-state index contributed by atoms with van der Waals surface area (Å²) in [7, 11) is 0. The van der Waals surface area contributed by atoms with Crippen molar-refractivity contribution in [2.24, 2.45) is 35.5 Å². The van der Waals surface area contributed by atoms with Crippen LogP contribution in [0.15, 0.2) is 72.8 Å². The van der Waals surface area contributed by atoms with E-state index in [9.17, 15) is 0 Å². The molecule has 0 saturated heterocycles. The zero-order valence-electron chi connectivity index (χ0n) is 92.1. The molecule has 138 heavy (non-hydrogen) atoms. The molecule has 0 aliphatic carbocycles. The Morgan fingerprint density at radius 1 is 0.174 bits per heavy atom. The summed E-state index contributed by atoms with van der Waals surface area (Å²) in [5.41, 5.74) is 12.7. The van der Waals surface area contributed by atoms with Crippen LogP contribution in [0.1, 0.15) is 620 Å². The summed E-state index contributed by atoms with van der Waals surface area (Å²) in [6, 6.07) is 26.5. The average molecular weight is 1890 g/mol. The van der Waals surface area contributed by atoms with Gasteiger partial charge in [0.15, 0.2) is 0 Å². The molecule has 6 heteroatoms. The Morgan fingerprint density at radius 2 is 0.319 bits per heavy atom. The minimum absolute atomic E-state index is 0.230. The minimum Gasteiger partial charge on any atom is -0.268 e. The van der Waals surface area contributed by atoms with E-state index in [0.29, 0.717) is 57.8 Å². The van der Waals surface area contributed by atoms with Crippen molar-refractivity contribution in [2.75, 3.05) is 9.80 Å². The maximum absolute atomic E-state index is 16.6. The average Bonchev–Trinajstić information content (AvgIpc) is 0.686. The molecular weight excluding hydrogens is 1680 g/mol. The summed E-state index contributed by atoms with van der Waals surface area (Å²) in [5, 5.41) is 7.09. The van der Waals surface area contributed by atoms with Crippen LogP contribution in [0, 0.1) is 35.5 Å². The molecule has 0 fully saturated rings. The first-order chi connectivity index (χ1) is 67.8. The highest BCUT2D eigenvalue weighted by atomic mass is 16.2. The van der Waals surface area contributed by atoms with Gasteiger partial charge < -0.3 is 0 Å². The van der Waals surface area contributed by atoms with E-state index in [-0.39, 0.29) is 23.6 Å². The second-order valence-electron chi connectivity index (χ2n) is 45.4.